The predicted octanol–water partition coefficient (Wildman–Crippen LogP) is 3.60. The van der Waals surface area contributed by atoms with Crippen LogP contribution in [0, 0.1) is 6.92 Å². The summed E-state index contributed by atoms with van der Waals surface area (Å²) in [5.74, 6) is 0.657. The summed E-state index contributed by atoms with van der Waals surface area (Å²) in [6.45, 7) is 3.95. The van der Waals surface area contributed by atoms with Gasteiger partial charge in [0.05, 0.1) is 5.69 Å². The molecule has 1 aliphatic carbocycles. The van der Waals surface area contributed by atoms with E-state index in [1.807, 2.05) is 13.0 Å². The Balaban J connectivity index is 1.60. The van der Waals surface area contributed by atoms with E-state index in [1.165, 1.54) is 19.3 Å². The number of aromatic nitrogens is 1. The van der Waals surface area contributed by atoms with Gasteiger partial charge in [0.15, 0.2) is 0 Å². The Kier molecular flexibility index (Phi) is 4.12. The lowest BCUT2D eigenvalue weighted by molar-refractivity contribution is 0.505. The van der Waals surface area contributed by atoms with Gasteiger partial charge in [-0.2, -0.15) is 0 Å². The summed E-state index contributed by atoms with van der Waals surface area (Å²) in [7, 11) is 0. The van der Waals surface area contributed by atoms with Crippen LogP contribution < -0.4 is 5.32 Å². The van der Waals surface area contributed by atoms with Gasteiger partial charge < -0.3 is 5.32 Å². The summed E-state index contributed by atoms with van der Waals surface area (Å²) >= 11 is 0. The molecule has 2 heteroatoms. The molecule has 1 unspecified atom stereocenters. The third kappa shape index (κ3) is 3.07. The predicted molar refractivity (Wildman–Crippen MR) is 82.8 cm³/mol. The van der Waals surface area contributed by atoms with Crippen LogP contribution in [0.2, 0.25) is 0 Å². The molecule has 1 atom stereocenters. The Morgan fingerprint density at radius 2 is 2.05 bits per heavy atom. The minimum Gasteiger partial charge on any atom is -0.311 e. The van der Waals surface area contributed by atoms with Crippen LogP contribution >= 0.6 is 0 Å². The zero-order chi connectivity index (χ0) is 13.8. The van der Waals surface area contributed by atoms with Crippen LogP contribution in [0.4, 0.5) is 0 Å². The van der Waals surface area contributed by atoms with E-state index in [2.05, 4.69) is 46.7 Å². The fraction of sp³-hybridized carbons (Fsp3) is 0.389. The van der Waals surface area contributed by atoms with E-state index in [9.17, 15) is 0 Å². The van der Waals surface area contributed by atoms with Crippen molar-refractivity contribution in [3.63, 3.8) is 0 Å². The van der Waals surface area contributed by atoms with Crippen molar-refractivity contribution in [1.82, 2.24) is 10.3 Å². The average Bonchev–Trinajstić information content (AvgIpc) is 2.48. The van der Waals surface area contributed by atoms with Gasteiger partial charge >= 0.3 is 0 Å². The van der Waals surface area contributed by atoms with Gasteiger partial charge in [0.25, 0.3) is 0 Å². The van der Waals surface area contributed by atoms with Crippen LogP contribution in [-0.2, 0) is 13.0 Å². The quantitative estimate of drug-likeness (QED) is 0.914. The average molecular weight is 266 g/mol. The molecule has 0 amide bonds. The molecule has 0 bridgehead atoms. The smallest absolute Gasteiger partial charge is 0.0544 e. The normalized spacial score (nSPS) is 17.8. The minimum absolute atomic E-state index is 0.657. The van der Waals surface area contributed by atoms with Crippen LogP contribution in [0.5, 0.6) is 0 Å². The van der Waals surface area contributed by atoms with Crippen molar-refractivity contribution < 1.29 is 0 Å². The van der Waals surface area contributed by atoms with Crippen molar-refractivity contribution in [2.24, 2.45) is 0 Å². The monoisotopic (exact) mass is 266 g/mol. The van der Waals surface area contributed by atoms with Gasteiger partial charge in [-0.25, -0.2) is 0 Å². The molecular weight excluding hydrogens is 244 g/mol. The number of benzene rings is 1. The van der Waals surface area contributed by atoms with E-state index in [0.717, 1.165) is 24.5 Å². The van der Waals surface area contributed by atoms with Gasteiger partial charge in [0.1, 0.15) is 0 Å². The van der Waals surface area contributed by atoms with Crippen molar-refractivity contribution in [3.05, 3.63) is 65.0 Å². The van der Waals surface area contributed by atoms with Crippen molar-refractivity contribution >= 4 is 0 Å². The molecule has 2 nitrogen and oxygen atoms in total. The third-order valence-electron chi connectivity index (χ3n) is 4.14. The van der Waals surface area contributed by atoms with Gasteiger partial charge in [-0.05, 0) is 55.4 Å². The molecule has 0 radical (unpaired) electrons. The second-order valence-corrected chi connectivity index (χ2v) is 5.69. The van der Waals surface area contributed by atoms with Gasteiger partial charge in [-0.1, -0.05) is 30.3 Å². The standard InChI is InChI=1S/C18H22N2/c1-14-6-4-10-17(20-14)13-19-12-16-9-5-8-15-7-2-3-11-18(15)16/h2-4,6-7,10-11,16,19H,5,8-9,12-13H2,1H3. The first-order chi connectivity index (χ1) is 9.83. The third-order valence-corrected chi connectivity index (χ3v) is 4.14. The molecule has 0 fully saturated rings. The van der Waals surface area contributed by atoms with Gasteiger partial charge in [0, 0.05) is 18.8 Å². The summed E-state index contributed by atoms with van der Waals surface area (Å²) < 4.78 is 0. The molecule has 2 aromatic rings. The molecule has 0 aliphatic heterocycles. The number of fused-ring (bicyclic) bond motifs is 1. The van der Waals surface area contributed by atoms with E-state index in [1.54, 1.807) is 11.1 Å². The summed E-state index contributed by atoms with van der Waals surface area (Å²) in [6.07, 6.45) is 3.85. The van der Waals surface area contributed by atoms with Crippen LogP contribution in [0.25, 0.3) is 0 Å². The molecule has 1 aromatic heterocycles. The number of hydrogen-bond donors (Lipinski definition) is 1. The maximum absolute atomic E-state index is 4.54. The molecule has 1 heterocycles. The van der Waals surface area contributed by atoms with Crippen molar-refractivity contribution in [2.75, 3.05) is 6.54 Å². The van der Waals surface area contributed by atoms with Gasteiger partial charge in [-0.3, -0.25) is 4.98 Å². The highest BCUT2D eigenvalue weighted by Crippen LogP contribution is 2.30. The van der Waals surface area contributed by atoms with E-state index < -0.39 is 0 Å². The maximum atomic E-state index is 4.54. The van der Waals surface area contributed by atoms with Crippen molar-refractivity contribution in [3.8, 4) is 0 Å². The van der Waals surface area contributed by atoms with Crippen molar-refractivity contribution in [1.29, 1.82) is 0 Å². The van der Waals surface area contributed by atoms with Gasteiger partial charge in [-0.15, -0.1) is 0 Å². The first-order valence-corrected chi connectivity index (χ1v) is 7.54. The molecule has 1 aliphatic rings. The Morgan fingerprint density at radius 3 is 2.95 bits per heavy atom. The lowest BCUT2D eigenvalue weighted by Gasteiger charge is -2.25. The Morgan fingerprint density at radius 1 is 1.15 bits per heavy atom. The fourth-order valence-corrected chi connectivity index (χ4v) is 3.14. The highest BCUT2D eigenvalue weighted by Gasteiger charge is 2.18. The summed E-state index contributed by atoms with van der Waals surface area (Å²) in [5.41, 5.74) is 5.31. The molecule has 104 valence electrons. The maximum Gasteiger partial charge on any atom is 0.0544 e. The molecule has 0 saturated carbocycles. The minimum atomic E-state index is 0.657. The fourth-order valence-electron chi connectivity index (χ4n) is 3.14. The van der Waals surface area contributed by atoms with Crippen LogP contribution in [0.1, 0.15) is 41.3 Å². The number of nitrogens with one attached hydrogen (secondary N) is 1. The number of rotatable bonds is 4. The first kappa shape index (κ1) is 13.3. The first-order valence-electron chi connectivity index (χ1n) is 7.54. The number of pyridine rings is 1. The lowest BCUT2D eigenvalue weighted by atomic mass is 9.83. The lowest BCUT2D eigenvalue weighted by Crippen LogP contribution is -2.24. The zero-order valence-electron chi connectivity index (χ0n) is 12.1. The summed E-state index contributed by atoms with van der Waals surface area (Å²) in [4.78, 5) is 4.54. The Bertz CT molecular complexity index is 577. The molecule has 1 N–H and O–H groups in total. The van der Waals surface area contributed by atoms with Crippen LogP contribution in [0.3, 0.4) is 0 Å². The summed E-state index contributed by atoms with van der Waals surface area (Å²) in [5, 5.41) is 3.58. The summed E-state index contributed by atoms with van der Waals surface area (Å²) in [6, 6.07) is 15.1. The Labute approximate surface area is 121 Å². The zero-order valence-corrected chi connectivity index (χ0v) is 12.1. The molecule has 3 rings (SSSR count). The second-order valence-electron chi connectivity index (χ2n) is 5.69. The highest BCUT2D eigenvalue weighted by molar-refractivity contribution is 5.32. The molecule has 1 aromatic carbocycles. The number of nitrogens with zero attached hydrogens (tertiary/aromatic N) is 1. The number of hydrogen-bond acceptors (Lipinski definition) is 2. The van der Waals surface area contributed by atoms with Gasteiger partial charge in [0.2, 0.25) is 0 Å². The van der Waals surface area contributed by atoms with Crippen molar-refractivity contribution in [2.45, 2.75) is 38.6 Å². The van der Waals surface area contributed by atoms with Crippen LogP contribution in [-0.4, -0.2) is 11.5 Å². The van der Waals surface area contributed by atoms with E-state index in [0.29, 0.717) is 5.92 Å². The topological polar surface area (TPSA) is 24.9 Å². The highest BCUT2D eigenvalue weighted by atomic mass is 14.9. The van der Waals surface area contributed by atoms with Crippen LogP contribution in [0.15, 0.2) is 42.5 Å². The second kappa shape index (κ2) is 6.19. The molecule has 0 saturated heterocycles. The number of aryl methyl sites for hydroxylation is 2. The SMILES string of the molecule is Cc1cccc(CNCC2CCCc3ccccc32)n1. The largest absolute Gasteiger partial charge is 0.311 e. The van der Waals surface area contributed by atoms with E-state index in [-0.39, 0.29) is 0 Å². The molecular formula is C18H22N2. The van der Waals surface area contributed by atoms with E-state index in [4.69, 9.17) is 0 Å². The van der Waals surface area contributed by atoms with E-state index >= 15 is 0 Å². The molecule has 20 heavy (non-hydrogen) atoms. The molecule has 0 spiro atoms. The Hall–Kier alpha value is -1.67.